The van der Waals surface area contributed by atoms with Gasteiger partial charge in [0.1, 0.15) is 17.3 Å². The van der Waals surface area contributed by atoms with Gasteiger partial charge in [0, 0.05) is 28.2 Å². The van der Waals surface area contributed by atoms with Gasteiger partial charge in [0.25, 0.3) is 5.91 Å². The average Bonchev–Trinajstić information content (AvgIpc) is 2.67. The zero-order valence-electron chi connectivity index (χ0n) is 16.0. The fraction of sp³-hybridized carbons (Fsp3) is 0.316. The van der Waals surface area contributed by atoms with E-state index in [0.29, 0.717) is 6.20 Å². The van der Waals surface area contributed by atoms with Crippen molar-refractivity contribution in [1.82, 2.24) is 4.98 Å². The van der Waals surface area contributed by atoms with Gasteiger partial charge in [0.05, 0.1) is 22.1 Å². The normalized spacial score (nSPS) is 21.1. The van der Waals surface area contributed by atoms with Crippen LogP contribution in [0.3, 0.4) is 0 Å². The molecule has 1 aromatic carbocycles. The minimum absolute atomic E-state index is 0.0580. The Balaban J connectivity index is 1.83. The number of nitrogens with two attached hydrogens (primary N) is 1. The molecule has 0 saturated heterocycles. The highest BCUT2D eigenvalue weighted by molar-refractivity contribution is 7.87. The smallest absolute Gasteiger partial charge is 0.386 e. The molecule has 6 nitrogen and oxygen atoms in total. The Morgan fingerprint density at radius 1 is 1.27 bits per heavy atom. The number of benzene rings is 1. The second kappa shape index (κ2) is 7.78. The summed E-state index contributed by atoms with van der Waals surface area (Å²) >= 11 is 0. The van der Waals surface area contributed by atoms with Gasteiger partial charge in [-0.15, -0.1) is 0 Å². The summed E-state index contributed by atoms with van der Waals surface area (Å²) in [6, 6.07) is 4.62. The third-order valence-corrected chi connectivity index (χ3v) is 6.69. The Morgan fingerprint density at radius 3 is 2.53 bits per heavy atom. The maximum Gasteiger partial charge on any atom is 0.417 e. The third kappa shape index (κ3) is 4.35. The lowest BCUT2D eigenvalue weighted by molar-refractivity contribution is -0.137. The molecule has 160 valence electrons. The van der Waals surface area contributed by atoms with Crippen LogP contribution in [0.25, 0.3) is 0 Å². The molecule has 30 heavy (non-hydrogen) atoms. The summed E-state index contributed by atoms with van der Waals surface area (Å²) in [4.78, 5) is 20.1. The van der Waals surface area contributed by atoms with E-state index in [1.807, 2.05) is 0 Å². The van der Waals surface area contributed by atoms with Crippen LogP contribution in [0.2, 0.25) is 0 Å². The molecule has 2 unspecified atom stereocenters. The molecule has 11 heteroatoms. The Hall–Kier alpha value is -2.82. The van der Waals surface area contributed by atoms with Crippen LogP contribution in [0.4, 0.5) is 23.2 Å². The van der Waals surface area contributed by atoms with Crippen molar-refractivity contribution < 1.29 is 26.6 Å². The fourth-order valence-electron chi connectivity index (χ4n) is 2.76. The maximum atomic E-state index is 14.4. The summed E-state index contributed by atoms with van der Waals surface area (Å²) < 4.78 is 63.8. The maximum absolute atomic E-state index is 14.4. The molecule has 1 amide bonds. The molecular weight excluding hydrogens is 424 g/mol. The summed E-state index contributed by atoms with van der Waals surface area (Å²) in [5.74, 6) is -1.18. The predicted molar refractivity (Wildman–Crippen MR) is 105 cm³/mol. The number of hydrogen-bond acceptors (Lipinski definition) is 5. The molecule has 0 spiro atoms. The SMILES string of the molecule is CC1(C)C(N)=NC(c2cc(NC(=O)c3ccc(C(F)(F)F)cn3)ccc2F)CS1=O. The van der Waals surface area contributed by atoms with Crippen molar-refractivity contribution in [3.8, 4) is 0 Å². The van der Waals surface area contributed by atoms with E-state index in [1.54, 1.807) is 13.8 Å². The van der Waals surface area contributed by atoms with Crippen LogP contribution >= 0.6 is 0 Å². The number of amides is 1. The largest absolute Gasteiger partial charge is 0.417 e. The molecule has 1 aliphatic heterocycles. The molecule has 3 N–H and O–H groups in total. The molecule has 1 aliphatic rings. The number of hydrogen-bond donors (Lipinski definition) is 2. The number of nitrogens with one attached hydrogen (secondary N) is 1. The van der Waals surface area contributed by atoms with Gasteiger partial charge in [-0.05, 0) is 44.2 Å². The lowest BCUT2D eigenvalue weighted by Gasteiger charge is -2.31. The van der Waals surface area contributed by atoms with Crippen LogP contribution in [0.15, 0.2) is 41.5 Å². The van der Waals surface area contributed by atoms with Gasteiger partial charge >= 0.3 is 6.18 Å². The van der Waals surface area contributed by atoms with E-state index in [9.17, 15) is 26.6 Å². The molecule has 0 saturated carbocycles. The number of carbonyl (C=O) groups is 1. The summed E-state index contributed by atoms with van der Waals surface area (Å²) in [5.41, 5.74) is 4.96. The van der Waals surface area contributed by atoms with Crippen molar-refractivity contribution in [2.75, 3.05) is 11.1 Å². The summed E-state index contributed by atoms with van der Waals surface area (Å²) in [6.45, 7) is 3.37. The molecular formula is C19H18F4N4O2S. The predicted octanol–water partition coefficient (Wildman–Crippen LogP) is 3.43. The van der Waals surface area contributed by atoms with E-state index in [4.69, 9.17) is 5.73 Å². The highest BCUT2D eigenvalue weighted by atomic mass is 32.2. The Kier molecular flexibility index (Phi) is 5.68. The van der Waals surface area contributed by atoms with E-state index in [-0.39, 0.29) is 28.5 Å². The van der Waals surface area contributed by atoms with Gasteiger partial charge in [-0.2, -0.15) is 13.2 Å². The van der Waals surface area contributed by atoms with E-state index >= 15 is 0 Å². The van der Waals surface area contributed by atoms with E-state index in [0.717, 1.165) is 18.2 Å². The van der Waals surface area contributed by atoms with Gasteiger partial charge in [-0.1, -0.05) is 0 Å². The first kappa shape index (κ1) is 21.9. The van der Waals surface area contributed by atoms with Crippen LogP contribution in [0.1, 0.15) is 41.5 Å². The number of alkyl halides is 3. The number of rotatable bonds is 3. The van der Waals surface area contributed by atoms with Crippen LogP contribution in [0.5, 0.6) is 0 Å². The fourth-order valence-corrected chi connectivity index (χ4v) is 4.00. The molecule has 3 rings (SSSR count). The van der Waals surface area contributed by atoms with Gasteiger partial charge in [0.15, 0.2) is 0 Å². The first-order valence-corrected chi connectivity index (χ1v) is 10.1. The zero-order valence-corrected chi connectivity index (χ0v) is 16.8. The summed E-state index contributed by atoms with van der Waals surface area (Å²) in [7, 11) is -1.39. The van der Waals surface area contributed by atoms with Gasteiger partial charge in [-0.3, -0.25) is 19.0 Å². The lowest BCUT2D eigenvalue weighted by Crippen LogP contribution is -2.47. The van der Waals surface area contributed by atoms with Crippen molar-refractivity contribution in [2.45, 2.75) is 30.8 Å². The number of aliphatic imine (C=N–C) groups is 1. The van der Waals surface area contributed by atoms with E-state index in [1.165, 1.54) is 12.1 Å². The number of amidine groups is 1. The van der Waals surface area contributed by atoms with Crippen molar-refractivity contribution in [1.29, 1.82) is 0 Å². The minimum Gasteiger partial charge on any atom is -0.386 e. The number of halogens is 4. The zero-order chi connectivity index (χ0) is 22.3. The Bertz CT molecular complexity index is 1040. The second-order valence-corrected chi connectivity index (χ2v) is 9.22. The van der Waals surface area contributed by atoms with Crippen molar-refractivity contribution >= 4 is 28.2 Å². The van der Waals surface area contributed by atoms with Crippen molar-refractivity contribution in [3.05, 3.63) is 59.2 Å². The minimum atomic E-state index is -4.56. The van der Waals surface area contributed by atoms with Crippen LogP contribution < -0.4 is 11.1 Å². The number of carbonyl (C=O) groups excluding carboxylic acids is 1. The van der Waals surface area contributed by atoms with Gasteiger partial charge < -0.3 is 11.1 Å². The van der Waals surface area contributed by atoms with E-state index < -0.39 is 45.1 Å². The molecule has 2 heterocycles. The highest BCUT2D eigenvalue weighted by Crippen LogP contribution is 2.32. The van der Waals surface area contributed by atoms with Crippen molar-refractivity contribution in [2.24, 2.45) is 10.7 Å². The van der Waals surface area contributed by atoms with Crippen LogP contribution in [-0.2, 0) is 17.0 Å². The molecule has 1 aromatic heterocycles. The first-order valence-electron chi connectivity index (χ1n) is 8.76. The summed E-state index contributed by atoms with van der Waals surface area (Å²) in [6.07, 6.45) is -4.01. The van der Waals surface area contributed by atoms with Crippen LogP contribution in [0, 0.1) is 5.82 Å². The Morgan fingerprint density at radius 2 is 1.97 bits per heavy atom. The van der Waals surface area contributed by atoms with Gasteiger partial charge in [-0.25, -0.2) is 4.39 Å². The number of pyridine rings is 1. The number of nitrogens with zero attached hydrogens (tertiary/aromatic N) is 2. The second-order valence-electron chi connectivity index (χ2n) is 7.17. The van der Waals surface area contributed by atoms with Gasteiger partial charge in [0.2, 0.25) is 0 Å². The molecule has 0 fully saturated rings. The number of anilines is 1. The molecule has 0 radical (unpaired) electrons. The molecule has 0 aliphatic carbocycles. The van der Waals surface area contributed by atoms with E-state index in [2.05, 4.69) is 15.3 Å². The highest BCUT2D eigenvalue weighted by Gasteiger charge is 2.37. The topological polar surface area (TPSA) is 97.4 Å². The molecule has 2 atom stereocenters. The molecule has 0 bridgehead atoms. The first-order chi connectivity index (χ1) is 13.9. The Labute approximate surface area is 172 Å². The third-order valence-electron chi connectivity index (χ3n) is 4.73. The van der Waals surface area contributed by atoms with Crippen molar-refractivity contribution in [3.63, 3.8) is 0 Å². The quantitative estimate of drug-likeness (QED) is 0.712. The summed E-state index contributed by atoms with van der Waals surface area (Å²) in [5, 5.41) is 2.46. The molecule has 2 aromatic rings. The average molecular weight is 442 g/mol. The van der Waals surface area contributed by atoms with Crippen LogP contribution in [-0.4, -0.2) is 31.4 Å². The monoisotopic (exact) mass is 442 g/mol. The lowest BCUT2D eigenvalue weighted by atomic mass is 10.1. The standard InChI is InChI=1S/C19H18F4N4O2S/c1-18(2)17(24)27-15(9-30(18)29)12-7-11(4-5-13(12)20)26-16(28)14-6-3-10(8-25-14)19(21,22)23/h3-8,15H,9H2,1-2H3,(H2,24,27)(H,26,28). The number of aromatic nitrogens is 1.